The first-order chi connectivity index (χ1) is 11.1. The third-order valence-corrected chi connectivity index (χ3v) is 3.91. The maximum Gasteiger partial charge on any atom is 0.249 e. The topological polar surface area (TPSA) is 140 Å². The number of primary amides is 1. The van der Waals surface area contributed by atoms with Crippen molar-refractivity contribution in [2.75, 3.05) is 6.61 Å². The Kier molecular flexibility index (Phi) is 4.46. The average molecular weight is 320 g/mol. The quantitative estimate of drug-likeness (QED) is 0.471. The molecule has 3 unspecified atom stereocenters. The summed E-state index contributed by atoms with van der Waals surface area (Å²) in [5, 5.41) is 13.8. The molecular weight excluding hydrogens is 304 g/mol. The smallest absolute Gasteiger partial charge is 0.249 e. The van der Waals surface area contributed by atoms with E-state index in [0.717, 1.165) is 5.56 Å². The Balaban J connectivity index is 1.84. The van der Waals surface area contributed by atoms with Gasteiger partial charge in [-0.2, -0.15) is 0 Å². The Bertz CT molecular complexity index is 621. The van der Waals surface area contributed by atoms with Crippen molar-refractivity contribution in [2.24, 2.45) is 10.8 Å². The Hall–Kier alpha value is -2.16. The number of azide groups is 1. The molecule has 3 N–H and O–H groups in total. The second-order valence-corrected chi connectivity index (χ2v) is 5.36. The molecule has 2 aliphatic rings. The van der Waals surface area contributed by atoms with Crippen molar-refractivity contribution in [3.8, 4) is 0 Å². The third-order valence-electron chi connectivity index (χ3n) is 3.91. The summed E-state index contributed by atoms with van der Waals surface area (Å²) in [7, 11) is 0. The van der Waals surface area contributed by atoms with Gasteiger partial charge in [0.1, 0.15) is 18.3 Å². The molecule has 0 bridgehead atoms. The van der Waals surface area contributed by atoms with Crippen LogP contribution in [0.25, 0.3) is 10.4 Å². The highest BCUT2D eigenvalue weighted by atomic mass is 16.7. The van der Waals surface area contributed by atoms with E-state index in [1.807, 2.05) is 30.3 Å². The van der Waals surface area contributed by atoms with Crippen LogP contribution in [0.1, 0.15) is 11.9 Å². The minimum absolute atomic E-state index is 0.123. The minimum atomic E-state index is -1.38. The summed E-state index contributed by atoms with van der Waals surface area (Å²) in [4.78, 5) is 14.1. The van der Waals surface area contributed by atoms with E-state index in [1.54, 1.807) is 0 Å². The molecule has 1 aromatic carbocycles. The SMILES string of the molecule is [N-]=[N+]=N[C@@H]1C(O)[C@H](C(N)=O)OC2COC(c3ccccc3)O[C@@H]21. The summed E-state index contributed by atoms with van der Waals surface area (Å²) in [5.41, 5.74) is 14.7. The lowest BCUT2D eigenvalue weighted by Gasteiger charge is -2.46. The summed E-state index contributed by atoms with van der Waals surface area (Å²) < 4.78 is 16.9. The van der Waals surface area contributed by atoms with Crippen molar-refractivity contribution in [3.05, 3.63) is 46.3 Å². The fourth-order valence-corrected chi connectivity index (χ4v) is 2.82. The molecule has 6 atom stereocenters. The molecule has 9 nitrogen and oxygen atoms in total. The Labute approximate surface area is 131 Å². The van der Waals surface area contributed by atoms with E-state index in [1.165, 1.54) is 0 Å². The van der Waals surface area contributed by atoms with Crippen molar-refractivity contribution < 1.29 is 24.1 Å². The summed E-state index contributed by atoms with van der Waals surface area (Å²) in [5.74, 6) is -0.834. The molecule has 122 valence electrons. The molecule has 3 rings (SSSR count). The van der Waals surface area contributed by atoms with Gasteiger partial charge in [0.2, 0.25) is 5.91 Å². The number of aliphatic hydroxyl groups excluding tert-OH is 1. The first-order valence-corrected chi connectivity index (χ1v) is 7.11. The lowest BCUT2D eigenvalue weighted by Crippen LogP contribution is -2.63. The third kappa shape index (κ3) is 3.00. The predicted octanol–water partition coefficient (Wildman–Crippen LogP) is 0.393. The summed E-state index contributed by atoms with van der Waals surface area (Å²) >= 11 is 0. The number of hydrogen-bond acceptors (Lipinski definition) is 6. The number of hydrogen-bond donors (Lipinski definition) is 2. The van der Waals surface area contributed by atoms with Crippen molar-refractivity contribution >= 4 is 5.91 Å². The molecule has 0 radical (unpaired) electrons. The normalized spacial score (nSPS) is 36.6. The van der Waals surface area contributed by atoms with Gasteiger partial charge < -0.3 is 25.1 Å². The highest BCUT2D eigenvalue weighted by Gasteiger charge is 2.50. The van der Waals surface area contributed by atoms with Crippen LogP contribution in [-0.4, -0.2) is 48.1 Å². The molecule has 1 aromatic rings. The molecule has 0 saturated carbocycles. The molecule has 2 aliphatic heterocycles. The number of carbonyl (C=O) groups excluding carboxylic acids is 1. The highest BCUT2D eigenvalue weighted by molar-refractivity contribution is 5.79. The van der Waals surface area contributed by atoms with Crippen LogP contribution in [0, 0.1) is 0 Å². The largest absolute Gasteiger partial charge is 0.389 e. The molecule has 2 saturated heterocycles. The summed E-state index contributed by atoms with van der Waals surface area (Å²) in [6.07, 6.45) is -4.72. The molecule has 2 fully saturated rings. The van der Waals surface area contributed by atoms with E-state index in [2.05, 4.69) is 10.0 Å². The van der Waals surface area contributed by atoms with Crippen LogP contribution < -0.4 is 5.73 Å². The molecule has 23 heavy (non-hydrogen) atoms. The van der Waals surface area contributed by atoms with Gasteiger partial charge in [0, 0.05) is 10.5 Å². The van der Waals surface area contributed by atoms with E-state index in [0.29, 0.717) is 0 Å². The van der Waals surface area contributed by atoms with E-state index in [-0.39, 0.29) is 6.61 Å². The maximum atomic E-state index is 11.4. The zero-order chi connectivity index (χ0) is 16.4. The van der Waals surface area contributed by atoms with Gasteiger partial charge >= 0.3 is 0 Å². The first-order valence-electron chi connectivity index (χ1n) is 7.11. The van der Waals surface area contributed by atoms with Crippen molar-refractivity contribution in [1.82, 2.24) is 0 Å². The van der Waals surface area contributed by atoms with Gasteiger partial charge in [0.15, 0.2) is 12.4 Å². The van der Waals surface area contributed by atoms with Crippen LogP contribution in [-0.2, 0) is 19.0 Å². The fraction of sp³-hybridized carbons (Fsp3) is 0.500. The van der Waals surface area contributed by atoms with Crippen LogP contribution in [0.15, 0.2) is 35.4 Å². The zero-order valence-corrected chi connectivity index (χ0v) is 12.1. The van der Waals surface area contributed by atoms with Crippen molar-refractivity contribution in [3.63, 3.8) is 0 Å². The number of nitrogens with zero attached hydrogens (tertiary/aromatic N) is 3. The molecular formula is C14H16N4O5. The number of ether oxygens (including phenoxy) is 3. The van der Waals surface area contributed by atoms with Gasteiger partial charge in [-0.05, 0) is 5.53 Å². The summed E-state index contributed by atoms with van der Waals surface area (Å²) in [6.45, 7) is 0.123. The van der Waals surface area contributed by atoms with Gasteiger partial charge in [-0.3, -0.25) is 4.79 Å². The van der Waals surface area contributed by atoms with Crippen LogP contribution >= 0.6 is 0 Å². The lowest BCUT2D eigenvalue weighted by atomic mass is 9.92. The van der Waals surface area contributed by atoms with Gasteiger partial charge in [0.05, 0.1) is 12.6 Å². The molecule has 0 spiro atoms. The number of nitrogens with two attached hydrogens (primary N) is 1. The molecule has 9 heteroatoms. The molecule has 2 heterocycles. The maximum absolute atomic E-state index is 11.4. The monoisotopic (exact) mass is 320 g/mol. The van der Waals surface area contributed by atoms with E-state index in [4.69, 9.17) is 25.5 Å². The number of benzene rings is 1. The van der Waals surface area contributed by atoms with E-state index < -0.39 is 42.7 Å². The fourth-order valence-electron chi connectivity index (χ4n) is 2.82. The number of fused-ring (bicyclic) bond motifs is 1. The number of carbonyl (C=O) groups is 1. The van der Waals surface area contributed by atoms with Crippen LogP contribution in [0.3, 0.4) is 0 Å². The Morgan fingerprint density at radius 2 is 2.09 bits per heavy atom. The van der Waals surface area contributed by atoms with Crippen molar-refractivity contribution in [1.29, 1.82) is 0 Å². The first kappa shape index (κ1) is 15.7. The van der Waals surface area contributed by atoms with Crippen LogP contribution in [0.4, 0.5) is 0 Å². The van der Waals surface area contributed by atoms with Gasteiger partial charge in [0.25, 0.3) is 0 Å². The average Bonchev–Trinajstić information content (AvgIpc) is 2.57. The molecule has 0 aliphatic carbocycles. The molecule has 1 amide bonds. The predicted molar refractivity (Wildman–Crippen MR) is 76.8 cm³/mol. The van der Waals surface area contributed by atoms with Crippen LogP contribution in [0.5, 0.6) is 0 Å². The lowest BCUT2D eigenvalue weighted by molar-refractivity contribution is -0.302. The summed E-state index contributed by atoms with van der Waals surface area (Å²) in [6, 6.07) is 8.22. The zero-order valence-electron chi connectivity index (χ0n) is 12.1. The Morgan fingerprint density at radius 3 is 2.74 bits per heavy atom. The number of aliphatic hydroxyl groups is 1. The van der Waals surface area contributed by atoms with Gasteiger partial charge in [-0.15, -0.1) is 0 Å². The van der Waals surface area contributed by atoms with E-state index in [9.17, 15) is 9.90 Å². The number of amides is 1. The molecule has 0 aromatic heterocycles. The highest BCUT2D eigenvalue weighted by Crippen LogP contribution is 2.35. The minimum Gasteiger partial charge on any atom is -0.389 e. The van der Waals surface area contributed by atoms with E-state index >= 15 is 0 Å². The van der Waals surface area contributed by atoms with Crippen LogP contribution in [0.2, 0.25) is 0 Å². The number of rotatable bonds is 3. The second kappa shape index (κ2) is 6.53. The van der Waals surface area contributed by atoms with Gasteiger partial charge in [-0.25, -0.2) is 0 Å². The van der Waals surface area contributed by atoms with Gasteiger partial charge in [-0.1, -0.05) is 35.4 Å². The van der Waals surface area contributed by atoms with Crippen molar-refractivity contribution in [2.45, 2.75) is 36.7 Å². The second-order valence-electron chi connectivity index (χ2n) is 5.36. The Morgan fingerprint density at radius 1 is 1.35 bits per heavy atom. The standard InChI is InChI=1S/C14H16N4O5/c15-13(20)12-10(19)9(17-18-16)11-8(22-12)6-21-14(23-11)7-4-2-1-3-5-7/h1-5,8-12,14,19H,6H2,(H2,15,20)/t8?,9-,10?,11+,12-,14?/m1/s1.